The van der Waals surface area contributed by atoms with Gasteiger partial charge in [-0.15, -0.1) is 0 Å². The summed E-state index contributed by atoms with van der Waals surface area (Å²) in [4.78, 5) is 6.03. The summed E-state index contributed by atoms with van der Waals surface area (Å²) in [7, 11) is 0. The quantitative estimate of drug-likeness (QED) is 0.725. The summed E-state index contributed by atoms with van der Waals surface area (Å²) in [6.07, 6.45) is 2.95. The van der Waals surface area contributed by atoms with Crippen molar-refractivity contribution in [2.45, 2.75) is 13.0 Å². The first-order valence-electron chi connectivity index (χ1n) is 4.85. The highest BCUT2D eigenvalue weighted by molar-refractivity contribution is 5.45. The van der Waals surface area contributed by atoms with E-state index >= 15 is 0 Å². The maximum atomic E-state index is 12.9. The minimum absolute atomic E-state index is 0.270. The van der Waals surface area contributed by atoms with Gasteiger partial charge in [-0.2, -0.15) is 0 Å². The minimum atomic E-state index is -0.270. The Balaban J connectivity index is 2.20. The summed E-state index contributed by atoms with van der Waals surface area (Å²) in [6, 6.07) is 1.93. The molecule has 76 valence electrons. The van der Waals surface area contributed by atoms with Gasteiger partial charge in [0.15, 0.2) is 0 Å². The number of aromatic nitrogens is 1. The molecular formula is C10H14FN3. The zero-order chi connectivity index (χ0) is 9.97. The van der Waals surface area contributed by atoms with Crippen LogP contribution in [0.15, 0.2) is 18.5 Å². The third-order valence-corrected chi connectivity index (χ3v) is 2.52. The molecule has 4 heteroatoms. The number of pyridine rings is 1. The molecule has 0 radical (unpaired) electrons. The van der Waals surface area contributed by atoms with E-state index in [0.717, 1.165) is 25.3 Å². The average Bonchev–Trinajstić information content (AvgIpc) is 2.18. The molecule has 1 aromatic heterocycles. The van der Waals surface area contributed by atoms with Crippen molar-refractivity contribution in [3.05, 3.63) is 24.3 Å². The molecule has 0 spiro atoms. The van der Waals surface area contributed by atoms with E-state index in [1.54, 1.807) is 6.20 Å². The Morgan fingerprint density at radius 1 is 1.57 bits per heavy atom. The largest absolute Gasteiger partial charge is 0.365 e. The summed E-state index contributed by atoms with van der Waals surface area (Å²) < 4.78 is 12.9. The van der Waals surface area contributed by atoms with Gasteiger partial charge in [0.2, 0.25) is 0 Å². The lowest BCUT2D eigenvalue weighted by atomic mass is 10.2. The summed E-state index contributed by atoms with van der Waals surface area (Å²) >= 11 is 0. The normalized spacial score (nSPS) is 22.4. The summed E-state index contributed by atoms with van der Waals surface area (Å²) in [5.74, 6) is -0.270. The van der Waals surface area contributed by atoms with E-state index < -0.39 is 0 Å². The number of nitrogens with one attached hydrogen (secondary N) is 1. The van der Waals surface area contributed by atoms with Gasteiger partial charge in [-0.1, -0.05) is 0 Å². The van der Waals surface area contributed by atoms with Crippen LogP contribution in [-0.4, -0.2) is 30.7 Å². The van der Waals surface area contributed by atoms with Crippen LogP contribution in [0.2, 0.25) is 0 Å². The third kappa shape index (κ3) is 1.85. The number of nitrogens with zero attached hydrogens (tertiary/aromatic N) is 2. The van der Waals surface area contributed by atoms with Gasteiger partial charge < -0.3 is 10.2 Å². The SMILES string of the molecule is CC1CNCCN1c1cncc(F)c1. The van der Waals surface area contributed by atoms with Crippen LogP contribution >= 0.6 is 0 Å². The van der Waals surface area contributed by atoms with Crippen molar-refractivity contribution >= 4 is 5.69 Å². The van der Waals surface area contributed by atoms with Crippen molar-refractivity contribution in [1.29, 1.82) is 0 Å². The van der Waals surface area contributed by atoms with Crippen LogP contribution in [-0.2, 0) is 0 Å². The molecule has 1 atom stereocenters. The molecule has 1 aromatic rings. The molecule has 1 aliphatic rings. The van der Waals surface area contributed by atoms with Gasteiger partial charge in [-0.3, -0.25) is 4.98 Å². The van der Waals surface area contributed by atoms with Crippen molar-refractivity contribution in [3.63, 3.8) is 0 Å². The number of hydrogen-bond acceptors (Lipinski definition) is 3. The molecule has 0 aliphatic carbocycles. The van der Waals surface area contributed by atoms with Gasteiger partial charge in [-0.05, 0) is 6.92 Å². The Kier molecular flexibility index (Phi) is 2.63. The monoisotopic (exact) mass is 195 g/mol. The van der Waals surface area contributed by atoms with Gasteiger partial charge in [-0.25, -0.2) is 4.39 Å². The van der Waals surface area contributed by atoms with Gasteiger partial charge in [0.05, 0.1) is 18.1 Å². The lowest BCUT2D eigenvalue weighted by Gasteiger charge is -2.35. The van der Waals surface area contributed by atoms with Gasteiger partial charge in [0.25, 0.3) is 0 Å². The van der Waals surface area contributed by atoms with Gasteiger partial charge in [0, 0.05) is 31.7 Å². The molecule has 2 rings (SSSR count). The Morgan fingerprint density at radius 2 is 2.43 bits per heavy atom. The third-order valence-electron chi connectivity index (χ3n) is 2.52. The van der Waals surface area contributed by atoms with Crippen molar-refractivity contribution < 1.29 is 4.39 Å². The molecule has 2 heterocycles. The Bertz CT molecular complexity index is 316. The number of piperazine rings is 1. The second-order valence-electron chi connectivity index (χ2n) is 3.61. The molecule has 0 bridgehead atoms. The molecule has 1 unspecified atom stereocenters. The van der Waals surface area contributed by atoms with Crippen LogP contribution < -0.4 is 10.2 Å². The average molecular weight is 195 g/mol. The molecule has 0 aromatic carbocycles. The van der Waals surface area contributed by atoms with Crippen molar-refractivity contribution in [2.24, 2.45) is 0 Å². The molecule has 0 saturated carbocycles. The second kappa shape index (κ2) is 3.92. The van der Waals surface area contributed by atoms with E-state index in [0.29, 0.717) is 6.04 Å². The first kappa shape index (κ1) is 9.40. The first-order chi connectivity index (χ1) is 6.77. The van der Waals surface area contributed by atoms with Crippen LogP contribution in [0.4, 0.5) is 10.1 Å². The van der Waals surface area contributed by atoms with E-state index in [4.69, 9.17) is 0 Å². The maximum Gasteiger partial charge on any atom is 0.143 e. The second-order valence-corrected chi connectivity index (χ2v) is 3.61. The topological polar surface area (TPSA) is 28.2 Å². The van der Waals surface area contributed by atoms with Crippen LogP contribution in [0.1, 0.15) is 6.92 Å². The Hall–Kier alpha value is -1.16. The van der Waals surface area contributed by atoms with E-state index in [9.17, 15) is 4.39 Å². The lowest BCUT2D eigenvalue weighted by Crippen LogP contribution is -2.50. The fourth-order valence-corrected chi connectivity index (χ4v) is 1.78. The van der Waals surface area contributed by atoms with Crippen molar-refractivity contribution in [1.82, 2.24) is 10.3 Å². The standard InChI is InChI=1S/C10H14FN3/c1-8-5-12-2-3-14(8)10-4-9(11)6-13-7-10/h4,6-8,12H,2-3,5H2,1H3. The summed E-state index contributed by atoms with van der Waals surface area (Å²) in [5, 5.41) is 3.29. The molecule has 3 nitrogen and oxygen atoms in total. The number of halogens is 1. The van der Waals surface area contributed by atoms with E-state index in [-0.39, 0.29) is 5.82 Å². The first-order valence-corrected chi connectivity index (χ1v) is 4.85. The smallest absolute Gasteiger partial charge is 0.143 e. The van der Waals surface area contributed by atoms with Crippen LogP contribution in [0.5, 0.6) is 0 Å². The molecular weight excluding hydrogens is 181 g/mol. The molecule has 14 heavy (non-hydrogen) atoms. The molecule has 1 N–H and O–H groups in total. The molecule has 1 saturated heterocycles. The van der Waals surface area contributed by atoms with Crippen LogP contribution in [0.25, 0.3) is 0 Å². The fraction of sp³-hybridized carbons (Fsp3) is 0.500. The molecule has 1 aliphatic heterocycles. The van der Waals surface area contributed by atoms with E-state index in [2.05, 4.69) is 22.1 Å². The van der Waals surface area contributed by atoms with Gasteiger partial charge in [0.1, 0.15) is 5.82 Å². The van der Waals surface area contributed by atoms with E-state index in [1.807, 2.05) is 0 Å². The number of anilines is 1. The van der Waals surface area contributed by atoms with Crippen molar-refractivity contribution in [2.75, 3.05) is 24.5 Å². The summed E-state index contributed by atoms with van der Waals surface area (Å²) in [6.45, 7) is 4.92. The predicted octanol–water partition coefficient (Wildman–Crippen LogP) is 1.02. The van der Waals surface area contributed by atoms with Gasteiger partial charge >= 0.3 is 0 Å². The zero-order valence-corrected chi connectivity index (χ0v) is 8.20. The minimum Gasteiger partial charge on any atom is -0.365 e. The molecule has 0 amide bonds. The van der Waals surface area contributed by atoms with Crippen molar-refractivity contribution in [3.8, 4) is 0 Å². The van der Waals surface area contributed by atoms with Crippen LogP contribution in [0.3, 0.4) is 0 Å². The summed E-state index contributed by atoms with van der Waals surface area (Å²) in [5.41, 5.74) is 0.874. The maximum absolute atomic E-state index is 12.9. The molecule has 1 fully saturated rings. The Morgan fingerprint density at radius 3 is 3.14 bits per heavy atom. The highest BCUT2D eigenvalue weighted by Crippen LogP contribution is 2.17. The lowest BCUT2D eigenvalue weighted by molar-refractivity contribution is 0.499. The fourth-order valence-electron chi connectivity index (χ4n) is 1.78. The van der Waals surface area contributed by atoms with Crippen LogP contribution in [0, 0.1) is 5.82 Å². The highest BCUT2D eigenvalue weighted by atomic mass is 19.1. The predicted molar refractivity (Wildman–Crippen MR) is 53.9 cm³/mol. The highest BCUT2D eigenvalue weighted by Gasteiger charge is 2.18. The number of rotatable bonds is 1. The van der Waals surface area contributed by atoms with E-state index in [1.165, 1.54) is 12.3 Å². The Labute approximate surface area is 82.9 Å². The number of hydrogen-bond donors (Lipinski definition) is 1. The zero-order valence-electron chi connectivity index (χ0n) is 8.20.